The highest BCUT2D eigenvalue weighted by Crippen LogP contribution is 2.48. The van der Waals surface area contributed by atoms with Gasteiger partial charge in [-0.15, -0.1) is 0 Å². The van der Waals surface area contributed by atoms with Gasteiger partial charge in [0, 0.05) is 52.7 Å². The van der Waals surface area contributed by atoms with Gasteiger partial charge in [-0.1, -0.05) is 66.7 Å². The molecule has 3 aromatic heterocycles. The largest absolute Gasteiger partial charge is 0.309 e. The summed E-state index contributed by atoms with van der Waals surface area (Å²) in [5, 5.41) is 2.40. The van der Waals surface area contributed by atoms with Crippen LogP contribution in [0.15, 0.2) is 122 Å². The van der Waals surface area contributed by atoms with E-state index in [9.17, 15) is 0 Å². The van der Waals surface area contributed by atoms with Gasteiger partial charge >= 0.3 is 0 Å². The maximum Gasteiger partial charge on any atom is 0.0571 e. The maximum absolute atomic E-state index is 4.42. The van der Waals surface area contributed by atoms with Gasteiger partial charge in [0.05, 0.1) is 11.0 Å². The molecule has 0 amide bonds. The molecule has 0 saturated carbocycles. The molecule has 0 aliphatic heterocycles. The molecule has 40 heavy (non-hydrogen) atoms. The Labute approximate surface area is 233 Å². The SMILES string of the molecule is Cc1cc(C2c3ccccc3-c3cnccc32)ccc1-c1ccc(-n2c3ccccc3c3cnccc32)cc1C. The zero-order chi connectivity index (χ0) is 26.8. The van der Waals surface area contributed by atoms with Gasteiger partial charge in [0.25, 0.3) is 0 Å². The summed E-state index contributed by atoms with van der Waals surface area (Å²) in [6.45, 7) is 4.46. The van der Waals surface area contributed by atoms with E-state index in [1.54, 1.807) is 0 Å². The fourth-order valence-corrected chi connectivity index (χ4v) is 6.75. The molecule has 1 unspecified atom stereocenters. The fraction of sp³-hybridized carbons (Fsp3) is 0.0811. The third-order valence-corrected chi connectivity index (χ3v) is 8.54. The molecule has 3 heterocycles. The van der Waals surface area contributed by atoms with Crippen molar-refractivity contribution in [2.75, 3.05) is 0 Å². The van der Waals surface area contributed by atoms with Crippen molar-refractivity contribution < 1.29 is 0 Å². The van der Waals surface area contributed by atoms with Crippen LogP contribution in [0.2, 0.25) is 0 Å². The molecule has 1 aliphatic carbocycles. The van der Waals surface area contributed by atoms with Gasteiger partial charge in [-0.25, -0.2) is 0 Å². The first-order valence-corrected chi connectivity index (χ1v) is 13.8. The normalized spacial score (nSPS) is 14.0. The van der Waals surface area contributed by atoms with E-state index < -0.39 is 0 Å². The number of aryl methyl sites for hydroxylation is 2. The summed E-state index contributed by atoms with van der Waals surface area (Å²) < 4.78 is 2.35. The lowest BCUT2D eigenvalue weighted by molar-refractivity contribution is 1.01. The number of hydrogen-bond acceptors (Lipinski definition) is 2. The topological polar surface area (TPSA) is 30.7 Å². The van der Waals surface area contributed by atoms with Crippen molar-refractivity contribution >= 4 is 21.8 Å². The van der Waals surface area contributed by atoms with E-state index in [0.29, 0.717) is 0 Å². The minimum Gasteiger partial charge on any atom is -0.309 e. The molecule has 1 atom stereocenters. The molecule has 3 heteroatoms. The van der Waals surface area contributed by atoms with E-state index in [-0.39, 0.29) is 5.92 Å². The Morgan fingerprint density at radius 3 is 2.12 bits per heavy atom. The average Bonchev–Trinajstić information content (AvgIpc) is 3.51. The molecular formula is C37H27N3. The Morgan fingerprint density at radius 2 is 1.25 bits per heavy atom. The second-order valence-electron chi connectivity index (χ2n) is 10.8. The van der Waals surface area contributed by atoms with Gasteiger partial charge in [-0.2, -0.15) is 0 Å². The molecule has 8 rings (SSSR count). The quantitative estimate of drug-likeness (QED) is 0.236. The van der Waals surface area contributed by atoms with Gasteiger partial charge < -0.3 is 4.57 Å². The summed E-state index contributed by atoms with van der Waals surface area (Å²) in [5.41, 5.74) is 15.2. The number of fused-ring (bicyclic) bond motifs is 6. The molecule has 4 aromatic carbocycles. The highest BCUT2D eigenvalue weighted by Gasteiger charge is 2.30. The minimum absolute atomic E-state index is 0.232. The summed E-state index contributed by atoms with van der Waals surface area (Å²) in [7, 11) is 0. The molecule has 0 bridgehead atoms. The lowest BCUT2D eigenvalue weighted by atomic mass is 9.86. The van der Waals surface area contributed by atoms with Crippen molar-refractivity contribution in [2.24, 2.45) is 0 Å². The van der Waals surface area contributed by atoms with Crippen LogP contribution in [0.4, 0.5) is 0 Å². The van der Waals surface area contributed by atoms with Crippen LogP contribution in [0.3, 0.4) is 0 Å². The number of hydrogen-bond donors (Lipinski definition) is 0. The molecule has 0 radical (unpaired) electrons. The smallest absolute Gasteiger partial charge is 0.0571 e. The molecule has 0 spiro atoms. The van der Waals surface area contributed by atoms with E-state index in [2.05, 4.69) is 125 Å². The number of aromatic nitrogens is 3. The second-order valence-corrected chi connectivity index (χ2v) is 10.8. The lowest BCUT2D eigenvalue weighted by Crippen LogP contribution is -2.01. The van der Waals surface area contributed by atoms with Gasteiger partial charge in [0.15, 0.2) is 0 Å². The molecule has 3 nitrogen and oxygen atoms in total. The molecule has 0 fully saturated rings. The van der Waals surface area contributed by atoms with Crippen LogP contribution in [0.1, 0.15) is 33.7 Å². The van der Waals surface area contributed by atoms with Crippen LogP contribution in [0, 0.1) is 13.8 Å². The van der Waals surface area contributed by atoms with Gasteiger partial charge in [0.2, 0.25) is 0 Å². The predicted molar refractivity (Wildman–Crippen MR) is 164 cm³/mol. The first-order chi connectivity index (χ1) is 19.7. The Hall–Kier alpha value is -5.02. The number of rotatable bonds is 3. The molecule has 0 saturated heterocycles. The van der Waals surface area contributed by atoms with Crippen LogP contribution < -0.4 is 0 Å². The van der Waals surface area contributed by atoms with Crippen LogP contribution in [-0.4, -0.2) is 14.5 Å². The summed E-state index contributed by atoms with van der Waals surface area (Å²) in [4.78, 5) is 8.81. The Kier molecular flexibility index (Phi) is 5.02. The number of benzene rings is 4. The van der Waals surface area contributed by atoms with Crippen molar-refractivity contribution in [1.29, 1.82) is 0 Å². The Bertz CT molecular complexity index is 2000. The molecule has 0 N–H and O–H groups in total. The third-order valence-electron chi connectivity index (χ3n) is 8.54. The van der Waals surface area contributed by atoms with Crippen LogP contribution in [-0.2, 0) is 0 Å². The average molecular weight is 514 g/mol. The summed E-state index contributed by atoms with van der Waals surface area (Å²) >= 11 is 0. The van der Waals surface area contributed by atoms with Crippen molar-refractivity contribution in [3.8, 4) is 27.9 Å². The number of para-hydroxylation sites is 1. The molecule has 190 valence electrons. The van der Waals surface area contributed by atoms with Crippen molar-refractivity contribution in [3.05, 3.63) is 150 Å². The van der Waals surface area contributed by atoms with Crippen LogP contribution >= 0.6 is 0 Å². The fourth-order valence-electron chi connectivity index (χ4n) is 6.75. The summed E-state index contributed by atoms with van der Waals surface area (Å²) in [5.74, 6) is 0.232. The first-order valence-electron chi connectivity index (χ1n) is 13.8. The Morgan fingerprint density at radius 1 is 0.550 bits per heavy atom. The van der Waals surface area contributed by atoms with Gasteiger partial charge in [-0.3, -0.25) is 9.97 Å². The van der Waals surface area contributed by atoms with Gasteiger partial charge in [0.1, 0.15) is 0 Å². The van der Waals surface area contributed by atoms with Crippen LogP contribution in [0.25, 0.3) is 49.7 Å². The van der Waals surface area contributed by atoms with E-state index >= 15 is 0 Å². The molecular weight excluding hydrogens is 486 g/mol. The van der Waals surface area contributed by atoms with Gasteiger partial charge in [-0.05, 0) is 88.7 Å². The van der Waals surface area contributed by atoms with E-state index in [4.69, 9.17) is 0 Å². The summed E-state index contributed by atoms with van der Waals surface area (Å²) in [6.07, 6.45) is 7.77. The van der Waals surface area contributed by atoms with Crippen molar-refractivity contribution in [1.82, 2.24) is 14.5 Å². The Balaban J connectivity index is 1.22. The van der Waals surface area contributed by atoms with Crippen LogP contribution in [0.5, 0.6) is 0 Å². The third kappa shape index (κ3) is 3.31. The highest BCUT2D eigenvalue weighted by molar-refractivity contribution is 6.08. The second kappa shape index (κ2) is 8.75. The van der Waals surface area contributed by atoms with Crippen molar-refractivity contribution in [2.45, 2.75) is 19.8 Å². The van der Waals surface area contributed by atoms with E-state index in [1.165, 1.54) is 77.6 Å². The minimum atomic E-state index is 0.232. The van der Waals surface area contributed by atoms with E-state index in [1.807, 2.05) is 24.8 Å². The predicted octanol–water partition coefficient (Wildman–Crippen LogP) is 9.02. The zero-order valence-corrected chi connectivity index (χ0v) is 22.5. The monoisotopic (exact) mass is 513 g/mol. The lowest BCUT2D eigenvalue weighted by Gasteiger charge is -2.18. The van der Waals surface area contributed by atoms with E-state index in [0.717, 1.165) is 0 Å². The molecule has 1 aliphatic rings. The summed E-state index contributed by atoms with van der Waals surface area (Å²) in [6, 6.07) is 35.4. The van der Waals surface area contributed by atoms with Crippen molar-refractivity contribution in [3.63, 3.8) is 0 Å². The zero-order valence-electron chi connectivity index (χ0n) is 22.5. The maximum atomic E-state index is 4.42. The first kappa shape index (κ1) is 22.9. The highest BCUT2D eigenvalue weighted by atomic mass is 15.0. The number of nitrogens with zero attached hydrogens (tertiary/aromatic N) is 3. The standard InChI is InChI=1S/C37H27N3/c1-23-19-25(37-31-9-4-3-7-29(31)33-21-38-17-15-32(33)37)11-13-27(23)28-14-12-26(20-24(28)2)40-35-10-6-5-8-30(35)34-22-39-18-16-36(34)40/h3-22,37H,1-2H3. The number of pyridine rings is 2. The molecule has 7 aromatic rings.